The van der Waals surface area contributed by atoms with Crippen molar-refractivity contribution in [2.75, 3.05) is 5.32 Å². The van der Waals surface area contributed by atoms with Crippen LogP contribution in [0, 0.1) is 11.3 Å². The number of aryl methyl sites for hydroxylation is 1. The molecule has 0 aliphatic carbocycles. The zero-order chi connectivity index (χ0) is 12.3. The summed E-state index contributed by atoms with van der Waals surface area (Å²) in [6, 6.07) is 1.84. The van der Waals surface area contributed by atoms with E-state index in [1.807, 2.05) is 13.0 Å². The number of anilines is 2. The van der Waals surface area contributed by atoms with E-state index in [-0.39, 0.29) is 5.56 Å². The molecule has 2 rings (SSSR count). The van der Waals surface area contributed by atoms with E-state index in [0.29, 0.717) is 10.9 Å². The summed E-state index contributed by atoms with van der Waals surface area (Å²) in [5, 5.41) is 12.1. The van der Waals surface area contributed by atoms with Crippen LogP contribution in [0.15, 0.2) is 17.2 Å². The van der Waals surface area contributed by atoms with Gasteiger partial charge in [-0.25, -0.2) is 9.97 Å². The zero-order valence-electron chi connectivity index (χ0n) is 9.02. The predicted molar refractivity (Wildman–Crippen MR) is 64.3 cm³/mol. The van der Waals surface area contributed by atoms with Crippen LogP contribution < -0.4 is 10.9 Å². The molecule has 0 amide bonds. The van der Waals surface area contributed by atoms with Crippen molar-refractivity contribution in [2.24, 2.45) is 0 Å². The third-order valence-electron chi connectivity index (χ3n) is 2.15. The molecule has 6 nitrogen and oxygen atoms in total. The Morgan fingerprint density at radius 3 is 2.82 bits per heavy atom. The van der Waals surface area contributed by atoms with Gasteiger partial charge in [-0.2, -0.15) is 5.26 Å². The molecule has 0 radical (unpaired) electrons. The van der Waals surface area contributed by atoms with Crippen molar-refractivity contribution in [3.63, 3.8) is 0 Å². The molecule has 0 unspecified atom stereocenters. The van der Waals surface area contributed by atoms with Gasteiger partial charge in [0.15, 0.2) is 5.56 Å². The van der Waals surface area contributed by atoms with Gasteiger partial charge in [-0.15, -0.1) is 0 Å². The summed E-state index contributed by atoms with van der Waals surface area (Å²) >= 11 is 1.05. The smallest absolute Gasteiger partial charge is 0.278 e. The first-order valence-electron chi connectivity index (χ1n) is 4.94. The minimum Gasteiger partial charge on any atom is -0.313 e. The van der Waals surface area contributed by atoms with Crippen molar-refractivity contribution >= 4 is 22.5 Å². The Morgan fingerprint density at radius 2 is 2.24 bits per heavy atom. The second-order valence-electron chi connectivity index (χ2n) is 3.24. The molecule has 2 aromatic rings. The predicted octanol–water partition coefficient (Wildman–Crippen LogP) is 1.40. The van der Waals surface area contributed by atoms with Crippen LogP contribution in [0.3, 0.4) is 0 Å². The first-order valence-corrected chi connectivity index (χ1v) is 5.75. The third-order valence-corrected chi connectivity index (χ3v) is 2.95. The maximum Gasteiger partial charge on any atom is 0.278 e. The lowest BCUT2D eigenvalue weighted by molar-refractivity contribution is 1.05. The molecule has 17 heavy (non-hydrogen) atoms. The van der Waals surface area contributed by atoms with E-state index in [1.165, 1.54) is 0 Å². The van der Waals surface area contributed by atoms with Crippen molar-refractivity contribution in [1.82, 2.24) is 14.3 Å². The van der Waals surface area contributed by atoms with E-state index < -0.39 is 5.56 Å². The van der Waals surface area contributed by atoms with Crippen LogP contribution in [0.5, 0.6) is 0 Å². The molecule has 86 valence electrons. The molecule has 2 N–H and O–H groups in total. The topological polar surface area (TPSA) is 94.5 Å². The van der Waals surface area contributed by atoms with Crippen molar-refractivity contribution in [3.8, 4) is 6.07 Å². The maximum atomic E-state index is 11.2. The van der Waals surface area contributed by atoms with E-state index >= 15 is 0 Å². The number of nitrogens with one attached hydrogen (secondary N) is 2. The van der Waals surface area contributed by atoms with Gasteiger partial charge in [0.05, 0.1) is 0 Å². The molecule has 0 spiro atoms. The number of nitrogens with zero attached hydrogens (tertiary/aromatic N) is 3. The van der Waals surface area contributed by atoms with Crippen LogP contribution >= 0.6 is 11.5 Å². The first kappa shape index (κ1) is 11.3. The summed E-state index contributed by atoms with van der Waals surface area (Å²) in [5.74, 6) is 0.369. The molecular formula is C10H9N5OS. The monoisotopic (exact) mass is 247 g/mol. The molecule has 0 aromatic carbocycles. The Hall–Kier alpha value is -2.20. The lowest BCUT2D eigenvalue weighted by Crippen LogP contribution is -2.04. The fraction of sp³-hybridized carbons (Fsp3) is 0.200. The van der Waals surface area contributed by atoms with Gasteiger partial charge in [-0.3, -0.25) is 9.17 Å². The molecule has 0 atom stereocenters. The van der Waals surface area contributed by atoms with Gasteiger partial charge in [0.25, 0.3) is 5.56 Å². The molecule has 7 heteroatoms. The van der Waals surface area contributed by atoms with E-state index in [1.54, 1.807) is 12.4 Å². The van der Waals surface area contributed by atoms with Crippen LogP contribution in [0.1, 0.15) is 18.1 Å². The highest BCUT2D eigenvalue weighted by atomic mass is 32.1. The molecule has 0 fully saturated rings. The van der Waals surface area contributed by atoms with Crippen molar-refractivity contribution < 1.29 is 0 Å². The van der Waals surface area contributed by atoms with Gasteiger partial charge in [-0.1, -0.05) is 6.92 Å². The Bertz CT molecular complexity index is 607. The Labute approximate surface area is 101 Å². The van der Waals surface area contributed by atoms with Crippen LogP contribution in [-0.4, -0.2) is 14.3 Å². The van der Waals surface area contributed by atoms with Crippen LogP contribution in [0.25, 0.3) is 0 Å². The number of hydrogen-bond acceptors (Lipinski definition) is 6. The molecular weight excluding hydrogens is 238 g/mol. The van der Waals surface area contributed by atoms with Gasteiger partial charge in [0, 0.05) is 12.4 Å². The largest absolute Gasteiger partial charge is 0.313 e. The van der Waals surface area contributed by atoms with E-state index in [0.717, 1.165) is 23.5 Å². The standard InChI is InChI=1S/C10H9N5OS/c1-2-6-4-12-10(13-5-6)14-9-7(3-11)8(16)15-17-9/h4-5H,2H2,1H3,(H,15,16)(H,12,13,14). The van der Waals surface area contributed by atoms with Gasteiger partial charge >= 0.3 is 0 Å². The molecule has 0 aliphatic heterocycles. The summed E-state index contributed by atoms with van der Waals surface area (Å²) in [5.41, 5.74) is 0.682. The molecule has 2 heterocycles. The maximum absolute atomic E-state index is 11.2. The summed E-state index contributed by atoms with van der Waals surface area (Å²) in [7, 11) is 0. The number of hydrogen-bond donors (Lipinski definition) is 2. The Balaban J connectivity index is 2.26. The average molecular weight is 247 g/mol. The lowest BCUT2D eigenvalue weighted by Gasteiger charge is -2.01. The number of rotatable bonds is 3. The second kappa shape index (κ2) is 4.76. The lowest BCUT2D eigenvalue weighted by atomic mass is 10.3. The summed E-state index contributed by atoms with van der Waals surface area (Å²) in [6.45, 7) is 2.01. The highest BCUT2D eigenvalue weighted by Gasteiger charge is 2.10. The summed E-state index contributed by atoms with van der Waals surface area (Å²) in [6.07, 6.45) is 4.27. The molecule has 0 bridgehead atoms. The Kier molecular flexibility index (Phi) is 3.16. The average Bonchev–Trinajstić information content (AvgIpc) is 2.71. The number of aromatic amines is 1. The summed E-state index contributed by atoms with van der Waals surface area (Å²) in [4.78, 5) is 19.4. The van der Waals surface area contributed by atoms with Gasteiger partial charge in [0.1, 0.15) is 11.1 Å². The molecule has 0 saturated carbocycles. The molecule has 0 aliphatic rings. The molecule has 2 aromatic heterocycles. The minimum atomic E-state index is -0.398. The van der Waals surface area contributed by atoms with Crippen LogP contribution in [0.2, 0.25) is 0 Å². The molecule has 0 saturated heterocycles. The second-order valence-corrected chi connectivity index (χ2v) is 4.06. The van der Waals surface area contributed by atoms with E-state index in [9.17, 15) is 4.79 Å². The van der Waals surface area contributed by atoms with Crippen molar-refractivity contribution in [3.05, 3.63) is 33.9 Å². The zero-order valence-corrected chi connectivity index (χ0v) is 9.84. The number of H-pyrrole nitrogens is 1. The fourth-order valence-electron chi connectivity index (χ4n) is 1.20. The number of aromatic nitrogens is 3. The summed E-state index contributed by atoms with van der Waals surface area (Å²) < 4.78 is 2.48. The van der Waals surface area contributed by atoms with Crippen LogP contribution in [0.4, 0.5) is 10.9 Å². The van der Waals surface area contributed by atoms with E-state index in [2.05, 4.69) is 19.7 Å². The normalized spacial score (nSPS) is 9.88. The fourth-order valence-corrected chi connectivity index (χ4v) is 1.88. The van der Waals surface area contributed by atoms with E-state index in [4.69, 9.17) is 5.26 Å². The van der Waals surface area contributed by atoms with Crippen molar-refractivity contribution in [1.29, 1.82) is 5.26 Å². The van der Waals surface area contributed by atoms with Gasteiger partial charge < -0.3 is 5.32 Å². The SMILES string of the molecule is CCc1cnc(Nc2s[nH]c(=O)c2C#N)nc1. The van der Waals surface area contributed by atoms with Gasteiger partial charge in [0.2, 0.25) is 5.95 Å². The van der Waals surface area contributed by atoms with Crippen LogP contribution in [-0.2, 0) is 6.42 Å². The quantitative estimate of drug-likeness (QED) is 0.855. The Morgan fingerprint density at radius 1 is 1.53 bits per heavy atom. The first-order chi connectivity index (χ1) is 8.24. The highest BCUT2D eigenvalue weighted by Crippen LogP contribution is 2.18. The number of nitriles is 1. The minimum absolute atomic E-state index is 0.0539. The van der Waals surface area contributed by atoms with Gasteiger partial charge in [-0.05, 0) is 23.5 Å². The highest BCUT2D eigenvalue weighted by molar-refractivity contribution is 7.10. The van der Waals surface area contributed by atoms with Crippen molar-refractivity contribution in [2.45, 2.75) is 13.3 Å². The third kappa shape index (κ3) is 2.32.